The summed E-state index contributed by atoms with van der Waals surface area (Å²) in [5.74, 6) is 2.97. The average molecular weight is 469 g/mol. The largest absolute Gasteiger partial charge is 0.494 e. The Morgan fingerprint density at radius 3 is 2.86 bits per heavy atom. The number of fused-ring (bicyclic) bond motifs is 3. The zero-order valence-corrected chi connectivity index (χ0v) is 19.4. The van der Waals surface area contributed by atoms with Crippen LogP contribution in [0.15, 0.2) is 65.6 Å². The molecule has 0 bridgehead atoms. The zero-order chi connectivity index (χ0) is 23.9. The normalized spacial score (nSPS) is 12.4. The monoisotopic (exact) mass is 468 g/mol. The molecule has 0 unspecified atom stereocenters. The fourth-order valence-corrected chi connectivity index (χ4v) is 4.36. The lowest BCUT2D eigenvalue weighted by atomic mass is 10.1. The Morgan fingerprint density at radius 1 is 1.09 bits per heavy atom. The Bertz CT molecular complexity index is 1640. The van der Waals surface area contributed by atoms with Crippen LogP contribution in [-0.2, 0) is 6.54 Å². The number of rotatable bonds is 6. The van der Waals surface area contributed by atoms with Crippen molar-refractivity contribution in [3.8, 4) is 28.5 Å². The highest BCUT2D eigenvalue weighted by molar-refractivity contribution is 5.87. The molecule has 1 aliphatic heterocycles. The molecule has 8 nitrogen and oxygen atoms in total. The number of imidazole rings is 1. The molecule has 176 valence electrons. The number of nitrogens with zero attached hydrogens (tertiary/aromatic N) is 2. The lowest BCUT2D eigenvalue weighted by Crippen LogP contribution is -2.11. The first kappa shape index (κ1) is 21.1. The number of pyridine rings is 2. The molecule has 0 amide bonds. The van der Waals surface area contributed by atoms with Gasteiger partial charge in [0.1, 0.15) is 22.9 Å². The molecule has 6 rings (SSSR count). The second kappa shape index (κ2) is 8.39. The summed E-state index contributed by atoms with van der Waals surface area (Å²) in [7, 11) is 0. The minimum atomic E-state index is -0.201. The third-order valence-electron chi connectivity index (χ3n) is 6.05. The minimum absolute atomic E-state index is 0.201. The van der Waals surface area contributed by atoms with Gasteiger partial charge in [0.05, 0.1) is 12.2 Å². The Balaban J connectivity index is 1.45. The van der Waals surface area contributed by atoms with Crippen LogP contribution in [0.2, 0.25) is 0 Å². The quantitative estimate of drug-likeness (QED) is 0.369. The van der Waals surface area contributed by atoms with Crippen molar-refractivity contribution in [1.29, 1.82) is 0 Å². The molecule has 3 aromatic heterocycles. The summed E-state index contributed by atoms with van der Waals surface area (Å²) in [6.07, 6.45) is 2.01. The van der Waals surface area contributed by atoms with E-state index in [-0.39, 0.29) is 12.4 Å². The maximum absolute atomic E-state index is 13.1. The van der Waals surface area contributed by atoms with Crippen molar-refractivity contribution in [2.45, 2.75) is 20.4 Å². The summed E-state index contributed by atoms with van der Waals surface area (Å²) in [6.45, 7) is 5.30. The highest BCUT2D eigenvalue weighted by atomic mass is 16.7. The summed E-state index contributed by atoms with van der Waals surface area (Å²) in [5, 5.41) is 4.38. The van der Waals surface area contributed by atoms with Crippen LogP contribution in [-0.4, -0.2) is 27.8 Å². The maximum Gasteiger partial charge on any atom is 0.258 e. The Morgan fingerprint density at radius 2 is 1.97 bits per heavy atom. The van der Waals surface area contributed by atoms with E-state index in [0.29, 0.717) is 24.4 Å². The number of benzene rings is 2. The third kappa shape index (κ3) is 3.82. The average Bonchev–Trinajstić information content (AvgIpc) is 3.46. The van der Waals surface area contributed by atoms with Crippen molar-refractivity contribution in [2.24, 2.45) is 0 Å². The first-order valence-corrected chi connectivity index (χ1v) is 11.5. The van der Waals surface area contributed by atoms with Gasteiger partial charge in [-0.05, 0) is 67.4 Å². The predicted octanol–water partition coefficient (Wildman–Crippen LogP) is 4.89. The van der Waals surface area contributed by atoms with Crippen molar-refractivity contribution in [2.75, 3.05) is 18.7 Å². The molecule has 0 atom stereocenters. The number of ether oxygens (including phenoxy) is 3. The number of hydrogen-bond acceptors (Lipinski definition) is 6. The number of anilines is 1. The second-order valence-corrected chi connectivity index (χ2v) is 8.48. The number of aromatic amines is 1. The molecular formula is C27H24N4O4. The molecule has 1 aliphatic rings. The Kier molecular flexibility index (Phi) is 5.06. The van der Waals surface area contributed by atoms with Gasteiger partial charge >= 0.3 is 0 Å². The summed E-state index contributed by atoms with van der Waals surface area (Å²) in [6, 6.07) is 17.3. The van der Waals surface area contributed by atoms with Crippen LogP contribution in [0.3, 0.4) is 0 Å². The topological polar surface area (TPSA) is 89.9 Å². The smallest absolute Gasteiger partial charge is 0.258 e. The van der Waals surface area contributed by atoms with Gasteiger partial charge < -0.3 is 24.5 Å². The van der Waals surface area contributed by atoms with Crippen molar-refractivity contribution in [3.63, 3.8) is 0 Å². The van der Waals surface area contributed by atoms with Crippen LogP contribution in [0.25, 0.3) is 27.8 Å². The molecule has 2 N–H and O–H groups in total. The fraction of sp³-hybridized carbons (Fsp3) is 0.185. The van der Waals surface area contributed by atoms with Gasteiger partial charge in [0.25, 0.3) is 5.56 Å². The van der Waals surface area contributed by atoms with E-state index >= 15 is 0 Å². The number of H-pyrrole nitrogens is 1. The van der Waals surface area contributed by atoms with Crippen LogP contribution < -0.4 is 25.1 Å². The lowest BCUT2D eigenvalue weighted by Gasteiger charge is -2.11. The van der Waals surface area contributed by atoms with Gasteiger partial charge in [0.15, 0.2) is 11.5 Å². The molecule has 0 radical (unpaired) electrons. The maximum atomic E-state index is 13.1. The van der Waals surface area contributed by atoms with Crippen LogP contribution in [0, 0.1) is 6.92 Å². The van der Waals surface area contributed by atoms with E-state index in [2.05, 4.69) is 10.3 Å². The van der Waals surface area contributed by atoms with E-state index in [0.717, 1.165) is 50.7 Å². The lowest BCUT2D eigenvalue weighted by molar-refractivity contribution is 0.174. The first-order chi connectivity index (χ1) is 17.1. The van der Waals surface area contributed by atoms with Crippen LogP contribution in [0.1, 0.15) is 18.1 Å². The number of hydrogen-bond donors (Lipinski definition) is 2. The molecule has 8 heteroatoms. The van der Waals surface area contributed by atoms with Gasteiger partial charge in [0.2, 0.25) is 6.79 Å². The molecule has 5 aromatic rings. The third-order valence-corrected chi connectivity index (χ3v) is 6.05. The number of aryl methyl sites for hydroxylation is 1. The van der Waals surface area contributed by atoms with Gasteiger partial charge in [-0.3, -0.25) is 9.20 Å². The van der Waals surface area contributed by atoms with Gasteiger partial charge in [-0.25, -0.2) is 4.98 Å². The van der Waals surface area contributed by atoms with Gasteiger partial charge in [-0.1, -0.05) is 12.1 Å². The fourth-order valence-electron chi connectivity index (χ4n) is 4.36. The van der Waals surface area contributed by atoms with E-state index in [1.807, 2.05) is 79.0 Å². The van der Waals surface area contributed by atoms with E-state index in [9.17, 15) is 4.79 Å². The van der Waals surface area contributed by atoms with E-state index in [1.54, 1.807) is 0 Å². The zero-order valence-electron chi connectivity index (χ0n) is 19.4. The molecular weight excluding hydrogens is 444 g/mol. The molecule has 0 saturated heterocycles. The van der Waals surface area contributed by atoms with Crippen molar-refractivity contribution in [1.82, 2.24) is 14.4 Å². The summed E-state index contributed by atoms with van der Waals surface area (Å²) < 4.78 is 18.6. The summed E-state index contributed by atoms with van der Waals surface area (Å²) in [5.41, 5.74) is 4.48. The standard InChI is InChI=1S/C27H24N4O4/c1-3-33-19-6-7-21-18(11-19)12-20(27(32)29-21)25-26(31-14-16(2)4-9-24(31)30-25)28-13-17-5-8-22-23(10-17)35-15-34-22/h4-12,14,28H,3,13,15H2,1-2H3,(H,29,32). The summed E-state index contributed by atoms with van der Waals surface area (Å²) >= 11 is 0. The highest BCUT2D eigenvalue weighted by Gasteiger charge is 2.19. The highest BCUT2D eigenvalue weighted by Crippen LogP contribution is 2.34. The Hall–Kier alpha value is -4.46. The molecule has 0 aliphatic carbocycles. The SMILES string of the molecule is CCOc1ccc2[nH]c(=O)c(-c3nc4ccc(C)cn4c3NCc3ccc4c(c3)OCO4)cc2c1. The molecule has 4 heterocycles. The second-order valence-electron chi connectivity index (χ2n) is 8.48. The van der Waals surface area contributed by atoms with Gasteiger partial charge in [-0.15, -0.1) is 0 Å². The molecule has 0 saturated carbocycles. The Labute approximate surface area is 201 Å². The van der Waals surface area contributed by atoms with Crippen molar-refractivity contribution in [3.05, 3.63) is 82.3 Å². The van der Waals surface area contributed by atoms with E-state index < -0.39 is 0 Å². The molecule has 0 spiro atoms. The summed E-state index contributed by atoms with van der Waals surface area (Å²) in [4.78, 5) is 21.0. The van der Waals surface area contributed by atoms with Gasteiger partial charge in [-0.2, -0.15) is 0 Å². The molecule has 2 aromatic carbocycles. The van der Waals surface area contributed by atoms with Crippen LogP contribution in [0.5, 0.6) is 17.2 Å². The van der Waals surface area contributed by atoms with E-state index in [1.165, 1.54) is 0 Å². The van der Waals surface area contributed by atoms with Crippen molar-refractivity contribution < 1.29 is 14.2 Å². The minimum Gasteiger partial charge on any atom is -0.494 e. The van der Waals surface area contributed by atoms with Crippen LogP contribution in [0.4, 0.5) is 5.82 Å². The first-order valence-electron chi connectivity index (χ1n) is 11.5. The van der Waals surface area contributed by atoms with Crippen LogP contribution >= 0.6 is 0 Å². The number of aromatic nitrogens is 3. The van der Waals surface area contributed by atoms with Crippen molar-refractivity contribution >= 4 is 22.4 Å². The molecule has 35 heavy (non-hydrogen) atoms. The predicted molar refractivity (Wildman–Crippen MR) is 135 cm³/mol. The number of nitrogens with one attached hydrogen (secondary N) is 2. The van der Waals surface area contributed by atoms with E-state index in [4.69, 9.17) is 19.2 Å². The molecule has 0 fully saturated rings. The van der Waals surface area contributed by atoms with Gasteiger partial charge in [0, 0.05) is 23.6 Å².